The Morgan fingerprint density at radius 2 is 2.05 bits per heavy atom. The molecule has 7 heteroatoms. The van der Waals surface area contributed by atoms with E-state index in [1.807, 2.05) is 0 Å². The van der Waals surface area contributed by atoms with Crippen molar-refractivity contribution in [3.63, 3.8) is 0 Å². The van der Waals surface area contributed by atoms with E-state index in [1.165, 1.54) is 4.90 Å². The standard InChI is InChI=1S/C13H20N2O4S/c14-7-11(20)13(19)9-3-1-2-4-10(9)15(5-6-16)8-12(17)18/h1-4,11,13,16,19-20H,5-8,14H2,(H,17,18). The molecule has 0 saturated carbocycles. The lowest BCUT2D eigenvalue weighted by atomic mass is 10.0. The Bertz CT molecular complexity index is 444. The van der Waals surface area contributed by atoms with Crippen molar-refractivity contribution >= 4 is 24.3 Å². The number of aliphatic carboxylic acids is 1. The van der Waals surface area contributed by atoms with Crippen molar-refractivity contribution in [1.82, 2.24) is 0 Å². The van der Waals surface area contributed by atoms with Crippen molar-refractivity contribution in [3.8, 4) is 0 Å². The second kappa shape index (κ2) is 8.11. The van der Waals surface area contributed by atoms with E-state index in [-0.39, 0.29) is 26.2 Å². The summed E-state index contributed by atoms with van der Waals surface area (Å²) in [5.41, 5.74) is 6.60. The number of hydrogen-bond donors (Lipinski definition) is 5. The lowest BCUT2D eigenvalue weighted by Gasteiger charge is -2.27. The molecule has 0 radical (unpaired) electrons. The molecule has 112 valence electrons. The third-order valence-corrected chi connectivity index (χ3v) is 3.39. The van der Waals surface area contributed by atoms with Crippen LogP contribution in [0.2, 0.25) is 0 Å². The lowest BCUT2D eigenvalue weighted by Crippen LogP contribution is -2.34. The summed E-state index contributed by atoms with van der Waals surface area (Å²) in [5.74, 6) is -1.01. The van der Waals surface area contributed by atoms with E-state index in [0.717, 1.165) is 0 Å². The third kappa shape index (κ3) is 4.38. The van der Waals surface area contributed by atoms with E-state index in [1.54, 1.807) is 24.3 Å². The van der Waals surface area contributed by atoms with Gasteiger partial charge < -0.3 is 26.0 Å². The number of para-hydroxylation sites is 1. The van der Waals surface area contributed by atoms with Crippen molar-refractivity contribution < 1.29 is 20.1 Å². The molecule has 0 heterocycles. The number of benzene rings is 1. The van der Waals surface area contributed by atoms with Gasteiger partial charge in [0.25, 0.3) is 0 Å². The van der Waals surface area contributed by atoms with Gasteiger partial charge >= 0.3 is 5.97 Å². The fourth-order valence-electron chi connectivity index (χ4n) is 1.93. The molecule has 5 N–H and O–H groups in total. The maximum atomic E-state index is 10.9. The molecule has 20 heavy (non-hydrogen) atoms. The van der Waals surface area contributed by atoms with Crippen LogP contribution in [0.3, 0.4) is 0 Å². The van der Waals surface area contributed by atoms with Gasteiger partial charge in [0.1, 0.15) is 6.54 Å². The molecule has 0 aliphatic carbocycles. The smallest absolute Gasteiger partial charge is 0.323 e. The van der Waals surface area contributed by atoms with Crippen LogP contribution in [0.1, 0.15) is 11.7 Å². The molecule has 0 aromatic heterocycles. The normalized spacial score (nSPS) is 13.8. The minimum Gasteiger partial charge on any atom is -0.480 e. The van der Waals surface area contributed by atoms with Gasteiger partial charge in [-0.1, -0.05) is 18.2 Å². The van der Waals surface area contributed by atoms with E-state index < -0.39 is 17.3 Å². The summed E-state index contributed by atoms with van der Waals surface area (Å²) >= 11 is 4.21. The van der Waals surface area contributed by atoms with Crippen LogP contribution in [0.25, 0.3) is 0 Å². The monoisotopic (exact) mass is 300 g/mol. The molecular weight excluding hydrogens is 280 g/mol. The first-order chi connectivity index (χ1) is 9.51. The van der Waals surface area contributed by atoms with Crippen molar-refractivity contribution in [2.75, 3.05) is 31.1 Å². The molecule has 0 amide bonds. The van der Waals surface area contributed by atoms with Crippen LogP contribution in [-0.4, -0.2) is 52.8 Å². The van der Waals surface area contributed by atoms with Gasteiger partial charge in [-0.05, 0) is 6.07 Å². The first-order valence-electron chi connectivity index (χ1n) is 6.24. The first-order valence-corrected chi connectivity index (χ1v) is 6.75. The predicted molar refractivity (Wildman–Crippen MR) is 80.2 cm³/mol. The van der Waals surface area contributed by atoms with Gasteiger partial charge in [0.15, 0.2) is 0 Å². The van der Waals surface area contributed by atoms with Gasteiger partial charge in [0, 0.05) is 29.6 Å². The zero-order valence-corrected chi connectivity index (χ0v) is 11.9. The third-order valence-electron chi connectivity index (χ3n) is 2.90. The molecule has 1 rings (SSSR count). The predicted octanol–water partition coefficient (Wildman–Crippen LogP) is -0.140. The Morgan fingerprint density at radius 1 is 1.40 bits per heavy atom. The van der Waals surface area contributed by atoms with E-state index in [9.17, 15) is 9.90 Å². The summed E-state index contributed by atoms with van der Waals surface area (Å²) in [6.07, 6.45) is -0.908. The molecule has 1 aromatic rings. The van der Waals surface area contributed by atoms with Gasteiger partial charge in [-0.2, -0.15) is 12.6 Å². The fraction of sp³-hybridized carbons (Fsp3) is 0.462. The van der Waals surface area contributed by atoms with E-state index in [0.29, 0.717) is 11.3 Å². The summed E-state index contributed by atoms with van der Waals surface area (Å²) in [6, 6.07) is 6.89. The van der Waals surface area contributed by atoms with Crippen molar-refractivity contribution in [1.29, 1.82) is 0 Å². The van der Waals surface area contributed by atoms with Crippen molar-refractivity contribution in [2.24, 2.45) is 5.73 Å². The van der Waals surface area contributed by atoms with Crippen LogP contribution in [0.4, 0.5) is 5.69 Å². The number of hydrogen-bond acceptors (Lipinski definition) is 6. The van der Waals surface area contributed by atoms with Gasteiger partial charge in [-0.3, -0.25) is 4.79 Å². The molecule has 0 aliphatic rings. The number of carbonyl (C=O) groups is 1. The number of rotatable bonds is 8. The fourth-order valence-corrected chi connectivity index (χ4v) is 2.09. The number of thiol groups is 1. The molecule has 0 bridgehead atoms. The van der Waals surface area contributed by atoms with Crippen LogP contribution in [0, 0.1) is 0 Å². The average Bonchev–Trinajstić information content (AvgIpc) is 2.44. The molecule has 1 aromatic carbocycles. The zero-order valence-electron chi connectivity index (χ0n) is 11.0. The van der Waals surface area contributed by atoms with Crippen LogP contribution in [0.15, 0.2) is 24.3 Å². The van der Waals surface area contributed by atoms with Crippen LogP contribution in [-0.2, 0) is 4.79 Å². The summed E-state index contributed by atoms with van der Waals surface area (Å²) in [4.78, 5) is 12.4. The summed E-state index contributed by atoms with van der Waals surface area (Å²) in [6.45, 7) is -0.0868. The Labute approximate surface area is 123 Å². The molecule has 2 unspecified atom stereocenters. The number of aliphatic hydroxyl groups excluding tert-OH is 2. The Morgan fingerprint density at radius 3 is 2.60 bits per heavy atom. The summed E-state index contributed by atoms with van der Waals surface area (Å²) in [7, 11) is 0. The van der Waals surface area contributed by atoms with E-state index >= 15 is 0 Å². The minimum atomic E-state index is -1.01. The average molecular weight is 300 g/mol. The van der Waals surface area contributed by atoms with E-state index in [2.05, 4.69) is 12.6 Å². The zero-order chi connectivity index (χ0) is 15.1. The second-order valence-corrected chi connectivity index (χ2v) is 5.01. The SMILES string of the molecule is NCC(S)C(O)c1ccccc1N(CCO)CC(=O)O. The summed E-state index contributed by atoms with van der Waals surface area (Å²) in [5, 5.41) is 27.8. The number of carboxylic acids is 1. The van der Waals surface area contributed by atoms with Crippen LogP contribution < -0.4 is 10.6 Å². The molecule has 0 spiro atoms. The highest BCUT2D eigenvalue weighted by Crippen LogP contribution is 2.29. The van der Waals surface area contributed by atoms with Gasteiger partial charge in [-0.15, -0.1) is 0 Å². The molecule has 0 aliphatic heterocycles. The van der Waals surface area contributed by atoms with Gasteiger partial charge in [0.05, 0.1) is 12.7 Å². The number of carboxylic acid groups (broad SMARTS) is 1. The molecular formula is C13H20N2O4S. The number of anilines is 1. The molecule has 0 fully saturated rings. The molecule has 2 atom stereocenters. The van der Waals surface area contributed by atoms with Crippen molar-refractivity contribution in [3.05, 3.63) is 29.8 Å². The number of aliphatic hydroxyl groups is 2. The number of nitrogens with two attached hydrogens (primary N) is 1. The molecule has 6 nitrogen and oxygen atoms in total. The van der Waals surface area contributed by atoms with Crippen molar-refractivity contribution in [2.45, 2.75) is 11.4 Å². The first kappa shape index (κ1) is 16.8. The van der Waals surface area contributed by atoms with Gasteiger partial charge in [0.2, 0.25) is 0 Å². The topological polar surface area (TPSA) is 107 Å². The maximum Gasteiger partial charge on any atom is 0.323 e. The van der Waals surface area contributed by atoms with Crippen LogP contribution >= 0.6 is 12.6 Å². The Hall–Kier alpha value is -1.28. The highest BCUT2D eigenvalue weighted by Gasteiger charge is 2.22. The Kier molecular flexibility index (Phi) is 6.80. The highest BCUT2D eigenvalue weighted by molar-refractivity contribution is 7.81. The quantitative estimate of drug-likeness (QED) is 0.428. The number of nitrogens with zero attached hydrogens (tertiary/aromatic N) is 1. The lowest BCUT2D eigenvalue weighted by molar-refractivity contribution is -0.135. The Balaban J connectivity index is 3.11. The largest absolute Gasteiger partial charge is 0.480 e. The van der Waals surface area contributed by atoms with Gasteiger partial charge in [-0.25, -0.2) is 0 Å². The minimum absolute atomic E-state index is 0.163. The maximum absolute atomic E-state index is 10.9. The summed E-state index contributed by atoms with van der Waals surface area (Å²) < 4.78 is 0. The van der Waals surface area contributed by atoms with E-state index in [4.69, 9.17) is 15.9 Å². The molecule has 0 saturated heterocycles. The highest BCUT2D eigenvalue weighted by atomic mass is 32.1. The van der Waals surface area contributed by atoms with Crippen LogP contribution in [0.5, 0.6) is 0 Å². The second-order valence-electron chi connectivity index (χ2n) is 4.35.